The number of nitriles is 1. The maximum absolute atomic E-state index is 13.6. The summed E-state index contributed by atoms with van der Waals surface area (Å²) in [5.74, 6) is 0.430. The van der Waals surface area contributed by atoms with Crippen molar-refractivity contribution >= 4 is 32.9 Å². The Kier molecular flexibility index (Phi) is 8.18. The van der Waals surface area contributed by atoms with Crippen molar-refractivity contribution in [2.24, 2.45) is 0 Å². The molecule has 41 heavy (non-hydrogen) atoms. The molecule has 0 radical (unpaired) electrons. The van der Waals surface area contributed by atoms with E-state index in [0.29, 0.717) is 43.1 Å². The number of piperidine rings is 1. The summed E-state index contributed by atoms with van der Waals surface area (Å²) in [7, 11) is -3.41. The number of sulfone groups is 1. The maximum Gasteiger partial charge on any atom is 0.254 e. The van der Waals surface area contributed by atoms with Crippen LogP contribution in [0.1, 0.15) is 39.9 Å². The van der Waals surface area contributed by atoms with Crippen LogP contribution < -0.4 is 15.1 Å². The first-order chi connectivity index (χ1) is 19.7. The summed E-state index contributed by atoms with van der Waals surface area (Å²) in [6.45, 7) is 7.73. The van der Waals surface area contributed by atoms with Crippen LogP contribution in [-0.4, -0.2) is 75.8 Å². The van der Waals surface area contributed by atoms with Gasteiger partial charge >= 0.3 is 0 Å². The third kappa shape index (κ3) is 6.15. The molecule has 2 aliphatic heterocycles. The third-order valence-electron chi connectivity index (χ3n) is 8.04. The van der Waals surface area contributed by atoms with Crippen LogP contribution in [0.2, 0.25) is 0 Å². The Labute approximate surface area is 242 Å². The molecule has 0 spiro atoms. The second-order valence-electron chi connectivity index (χ2n) is 10.9. The molecule has 10 heteroatoms. The van der Waals surface area contributed by atoms with E-state index in [1.54, 1.807) is 18.3 Å². The molecule has 3 heterocycles. The monoisotopic (exact) mass is 572 g/mol. The number of rotatable bonds is 6. The highest BCUT2D eigenvalue weighted by Crippen LogP contribution is 2.29. The number of amides is 1. The average Bonchev–Trinajstić information content (AvgIpc) is 2.98. The third-order valence-corrected chi connectivity index (χ3v) is 9.16. The standard InChI is InChI=1S/C31H36N6O3S/c1-22-19-23(2)27(34-25-10-13-35(14-11-25)28-8-5-4-7-24(28)21-32)20-26(22)31(38)37-17-15-36(16-18-37)30-29(41(3,39)40)9-6-12-33-30/h4-9,12,19-20,25,34H,10-11,13-18H2,1-3H3. The van der Waals surface area contributed by atoms with Gasteiger partial charge in [0.05, 0.1) is 11.3 Å². The molecule has 2 saturated heterocycles. The Hall–Kier alpha value is -4.10. The Balaban J connectivity index is 1.24. The van der Waals surface area contributed by atoms with E-state index < -0.39 is 9.84 Å². The lowest BCUT2D eigenvalue weighted by molar-refractivity contribution is 0.0745. The van der Waals surface area contributed by atoms with Gasteiger partial charge in [-0.3, -0.25) is 4.79 Å². The maximum atomic E-state index is 13.6. The summed E-state index contributed by atoms with van der Waals surface area (Å²) in [5, 5.41) is 13.2. The zero-order valence-electron chi connectivity index (χ0n) is 23.8. The summed E-state index contributed by atoms with van der Waals surface area (Å²) in [5.41, 5.74) is 5.38. The number of aromatic nitrogens is 1. The Morgan fingerprint density at radius 3 is 2.34 bits per heavy atom. The molecule has 1 aromatic heterocycles. The molecule has 0 aliphatic carbocycles. The summed E-state index contributed by atoms with van der Waals surface area (Å²) >= 11 is 0. The number of piperazine rings is 1. The molecular formula is C31H36N6O3S. The van der Waals surface area contributed by atoms with Gasteiger partial charge in [0.15, 0.2) is 9.84 Å². The Morgan fingerprint density at radius 2 is 1.66 bits per heavy atom. The fraction of sp³-hybridized carbons (Fsp3) is 0.387. The van der Waals surface area contributed by atoms with Crippen LogP contribution in [0.15, 0.2) is 59.6 Å². The Bertz CT molecular complexity index is 1580. The van der Waals surface area contributed by atoms with E-state index in [1.165, 1.54) is 6.26 Å². The molecule has 1 amide bonds. The molecule has 0 saturated carbocycles. The van der Waals surface area contributed by atoms with Gasteiger partial charge in [-0.2, -0.15) is 5.26 Å². The second kappa shape index (κ2) is 11.8. The first kappa shape index (κ1) is 28.4. The number of aryl methyl sites for hydroxylation is 2. The number of benzene rings is 2. The first-order valence-corrected chi connectivity index (χ1v) is 15.9. The van der Waals surface area contributed by atoms with E-state index in [9.17, 15) is 18.5 Å². The van der Waals surface area contributed by atoms with Crippen molar-refractivity contribution in [1.29, 1.82) is 5.26 Å². The van der Waals surface area contributed by atoms with Crippen molar-refractivity contribution < 1.29 is 13.2 Å². The molecule has 2 fully saturated rings. The van der Waals surface area contributed by atoms with Crippen molar-refractivity contribution in [2.45, 2.75) is 37.6 Å². The van der Waals surface area contributed by atoms with E-state index in [0.717, 1.165) is 48.4 Å². The highest BCUT2D eigenvalue weighted by Gasteiger charge is 2.28. The first-order valence-electron chi connectivity index (χ1n) is 14.0. The van der Waals surface area contributed by atoms with Crippen LogP contribution in [0.4, 0.5) is 17.2 Å². The van der Waals surface area contributed by atoms with Crippen molar-refractivity contribution in [1.82, 2.24) is 9.88 Å². The van der Waals surface area contributed by atoms with Crippen LogP contribution >= 0.6 is 0 Å². The van der Waals surface area contributed by atoms with Crippen molar-refractivity contribution in [3.8, 4) is 6.07 Å². The SMILES string of the molecule is Cc1cc(C)c(C(=O)N2CCN(c3ncccc3S(C)(=O)=O)CC2)cc1NC1CCN(c2ccccc2C#N)CC1. The molecule has 0 bridgehead atoms. The van der Waals surface area contributed by atoms with E-state index in [4.69, 9.17) is 0 Å². The van der Waals surface area contributed by atoms with Crippen LogP contribution in [0.25, 0.3) is 0 Å². The predicted octanol–water partition coefficient (Wildman–Crippen LogP) is 4.02. The number of hydrogen-bond donors (Lipinski definition) is 1. The van der Waals surface area contributed by atoms with Gasteiger partial charge in [-0.15, -0.1) is 0 Å². The van der Waals surface area contributed by atoms with Crippen LogP contribution in [0.3, 0.4) is 0 Å². The molecule has 0 atom stereocenters. The number of carbonyl (C=O) groups is 1. The number of hydrogen-bond acceptors (Lipinski definition) is 8. The summed E-state index contributed by atoms with van der Waals surface area (Å²) < 4.78 is 24.5. The number of anilines is 3. The molecule has 3 aromatic rings. The topological polar surface area (TPSA) is 110 Å². The van der Waals surface area contributed by atoms with Gasteiger partial charge in [-0.25, -0.2) is 13.4 Å². The largest absolute Gasteiger partial charge is 0.382 e. The number of nitrogens with one attached hydrogen (secondary N) is 1. The zero-order chi connectivity index (χ0) is 29.1. The molecule has 5 rings (SSSR count). The van der Waals surface area contributed by atoms with Gasteiger partial charge < -0.3 is 20.0 Å². The van der Waals surface area contributed by atoms with E-state index in [-0.39, 0.29) is 16.8 Å². The van der Waals surface area contributed by atoms with E-state index in [1.807, 2.05) is 47.1 Å². The van der Waals surface area contributed by atoms with E-state index in [2.05, 4.69) is 34.3 Å². The molecule has 1 N–H and O–H groups in total. The summed E-state index contributed by atoms with van der Waals surface area (Å²) in [6.07, 6.45) is 4.65. The number of pyridine rings is 1. The fourth-order valence-electron chi connectivity index (χ4n) is 5.77. The lowest BCUT2D eigenvalue weighted by Crippen LogP contribution is -2.49. The second-order valence-corrected chi connectivity index (χ2v) is 12.9. The normalized spacial score (nSPS) is 16.4. The average molecular weight is 573 g/mol. The minimum Gasteiger partial charge on any atom is -0.382 e. The fourth-order valence-corrected chi connectivity index (χ4v) is 6.61. The van der Waals surface area contributed by atoms with Crippen LogP contribution in [0, 0.1) is 25.2 Å². The zero-order valence-corrected chi connectivity index (χ0v) is 24.6. The van der Waals surface area contributed by atoms with Gasteiger partial charge in [0.25, 0.3) is 5.91 Å². The van der Waals surface area contributed by atoms with E-state index >= 15 is 0 Å². The predicted molar refractivity (Wildman–Crippen MR) is 161 cm³/mol. The molecule has 0 unspecified atom stereocenters. The van der Waals surface area contributed by atoms with Gasteiger partial charge in [0, 0.05) is 69.0 Å². The lowest BCUT2D eigenvalue weighted by atomic mass is 9.99. The van der Waals surface area contributed by atoms with Gasteiger partial charge in [0.1, 0.15) is 16.8 Å². The van der Waals surface area contributed by atoms with Crippen molar-refractivity contribution in [3.05, 3.63) is 77.0 Å². The smallest absolute Gasteiger partial charge is 0.254 e. The highest BCUT2D eigenvalue weighted by atomic mass is 32.2. The Morgan fingerprint density at radius 1 is 0.951 bits per heavy atom. The van der Waals surface area contributed by atoms with Crippen LogP contribution in [0.5, 0.6) is 0 Å². The van der Waals surface area contributed by atoms with Crippen molar-refractivity contribution in [3.63, 3.8) is 0 Å². The van der Waals surface area contributed by atoms with Crippen LogP contribution in [-0.2, 0) is 9.84 Å². The minimum atomic E-state index is -3.41. The van der Waals surface area contributed by atoms with Gasteiger partial charge in [-0.05, 0) is 68.1 Å². The molecule has 2 aromatic carbocycles. The van der Waals surface area contributed by atoms with Crippen molar-refractivity contribution in [2.75, 3.05) is 60.6 Å². The molecular weight excluding hydrogens is 536 g/mol. The quantitative estimate of drug-likeness (QED) is 0.472. The highest BCUT2D eigenvalue weighted by molar-refractivity contribution is 7.90. The number of nitrogens with zero attached hydrogens (tertiary/aromatic N) is 5. The number of carbonyl (C=O) groups excluding carboxylic acids is 1. The molecule has 2 aliphatic rings. The minimum absolute atomic E-state index is 0.0162. The number of para-hydroxylation sites is 1. The van der Waals surface area contributed by atoms with Gasteiger partial charge in [-0.1, -0.05) is 18.2 Å². The summed E-state index contributed by atoms with van der Waals surface area (Å²) in [6, 6.07) is 17.6. The summed E-state index contributed by atoms with van der Waals surface area (Å²) in [4.78, 5) is 24.2. The lowest BCUT2D eigenvalue weighted by Gasteiger charge is -2.36. The molecule has 214 valence electrons. The van der Waals surface area contributed by atoms with Gasteiger partial charge in [0.2, 0.25) is 0 Å². The molecule has 9 nitrogen and oxygen atoms in total.